The van der Waals surface area contributed by atoms with E-state index >= 15 is 0 Å². The Morgan fingerprint density at radius 3 is 2.32 bits per heavy atom. The van der Waals surface area contributed by atoms with Gasteiger partial charge in [-0.2, -0.15) is 0 Å². The minimum absolute atomic E-state index is 0.250. The lowest BCUT2D eigenvalue weighted by Gasteiger charge is -2.14. The van der Waals surface area contributed by atoms with Gasteiger partial charge in [0.2, 0.25) is 0 Å². The topological polar surface area (TPSA) is 46.5 Å². The normalized spacial score (nSPS) is 12.1. The zero-order chi connectivity index (χ0) is 13.7. The highest BCUT2D eigenvalue weighted by Gasteiger charge is 2.20. The van der Waals surface area contributed by atoms with Gasteiger partial charge in [-0.1, -0.05) is 54.1 Å². The molecular weight excluding hydrogens is 264 g/mol. The van der Waals surface area contributed by atoms with Gasteiger partial charge in [0.1, 0.15) is 0 Å². The van der Waals surface area contributed by atoms with Crippen LogP contribution in [0.3, 0.4) is 0 Å². The Morgan fingerprint density at radius 1 is 1.11 bits per heavy atom. The largest absolute Gasteiger partial charge is 0.479 e. The third kappa shape index (κ3) is 3.81. The van der Waals surface area contributed by atoms with Crippen LogP contribution in [0.4, 0.5) is 0 Å². The quantitative estimate of drug-likeness (QED) is 0.906. The van der Waals surface area contributed by atoms with Crippen molar-refractivity contribution < 1.29 is 14.6 Å². The third-order valence-electron chi connectivity index (χ3n) is 2.66. The number of aliphatic carboxylic acids is 1. The molecule has 0 heterocycles. The molecule has 0 amide bonds. The molecule has 1 atom stereocenters. The first-order valence-corrected chi connectivity index (χ1v) is 6.18. The van der Waals surface area contributed by atoms with Crippen molar-refractivity contribution in [2.24, 2.45) is 0 Å². The molecule has 0 aromatic heterocycles. The lowest BCUT2D eigenvalue weighted by Crippen LogP contribution is -2.15. The number of carbonyl (C=O) groups is 1. The van der Waals surface area contributed by atoms with Crippen molar-refractivity contribution in [2.75, 3.05) is 0 Å². The van der Waals surface area contributed by atoms with Crippen molar-refractivity contribution in [1.29, 1.82) is 0 Å². The SMILES string of the molecule is O=C(O)C(OCc1ccccc1)c1ccc(Cl)cc1. The number of halogens is 1. The summed E-state index contributed by atoms with van der Waals surface area (Å²) in [6, 6.07) is 16.1. The van der Waals surface area contributed by atoms with Crippen LogP contribution in [0.1, 0.15) is 17.2 Å². The second-order valence-electron chi connectivity index (χ2n) is 4.07. The van der Waals surface area contributed by atoms with Gasteiger partial charge < -0.3 is 9.84 Å². The minimum Gasteiger partial charge on any atom is -0.479 e. The molecule has 2 aromatic carbocycles. The molecule has 0 bridgehead atoms. The Balaban J connectivity index is 2.09. The fraction of sp³-hybridized carbons (Fsp3) is 0.133. The Morgan fingerprint density at radius 2 is 1.74 bits per heavy atom. The molecule has 0 aliphatic heterocycles. The van der Waals surface area contributed by atoms with Gasteiger partial charge in [-0.15, -0.1) is 0 Å². The Labute approximate surface area is 116 Å². The number of hydrogen-bond donors (Lipinski definition) is 1. The van der Waals surface area contributed by atoms with Crippen LogP contribution in [0.15, 0.2) is 54.6 Å². The molecule has 1 N–H and O–H groups in total. The number of carboxylic acid groups (broad SMARTS) is 1. The van der Waals surface area contributed by atoms with Crippen LogP contribution >= 0.6 is 11.6 Å². The van der Waals surface area contributed by atoms with E-state index in [9.17, 15) is 9.90 Å². The van der Waals surface area contributed by atoms with Gasteiger partial charge in [-0.25, -0.2) is 4.79 Å². The number of ether oxygens (including phenoxy) is 1. The monoisotopic (exact) mass is 276 g/mol. The maximum absolute atomic E-state index is 11.2. The Hall–Kier alpha value is -1.84. The molecule has 0 radical (unpaired) electrons. The molecule has 0 aliphatic carbocycles. The van der Waals surface area contributed by atoms with E-state index < -0.39 is 12.1 Å². The maximum atomic E-state index is 11.2. The van der Waals surface area contributed by atoms with Gasteiger partial charge in [-0.05, 0) is 23.3 Å². The lowest BCUT2D eigenvalue weighted by molar-refractivity contribution is -0.151. The lowest BCUT2D eigenvalue weighted by atomic mass is 10.1. The molecule has 0 saturated heterocycles. The van der Waals surface area contributed by atoms with Gasteiger partial charge in [0.15, 0.2) is 6.10 Å². The zero-order valence-corrected chi connectivity index (χ0v) is 10.9. The van der Waals surface area contributed by atoms with Crippen LogP contribution in [0, 0.1) is 0 Å². The summed E-state index contributed by atoms with van der Waals surface area (Å²) >= 11 is 5.78. The predicted octanol–water partition coefficient (Wildman–Crippen LogP) is 3.68. The Kier molecular flexibility index (Phi) is 4.55. The minimum atomic E-state index is -1.02. The van der Waals surface area contributed by atoms with Crippen LogP contribution in [-0.4, -0.2) is 11.1 Å². The first-order valence-electron chi connectivity index (χ1n) is 5.80. The fourth-order valence-corrected chi connectivity index (χ4v) is 1.83. The summed E-state index contributed by atoms with van der Waals surface area (Å²) in [6.45, 7) is 0.250. The first-order chi connectivity index (χ1) is 9.16. The summed E-state index contributed by atoms with van der Waals surface area (Å²) in [5.74, 6) is -1.02. The Bertz CT molecular complexity index is 537. The number of carboxylic acids is 1. The van der Waals surface area contributed by atoms with Crippen molar-refractivity contribution >= 4 is 17.6 Å². The van der Waals surface area contributed by atoms with Gasteiger partial charge >= 0.3 is 5.97 Å². The van der Waals surface area contributed by atoms with Crippen LogP contribution in [0.25, 0.3) is 0 Å². The molecule has 2 aromatic rings. The first kappa shape index (κ1) is 13.6. The summed E-state index contributed by atoms with van der Waals surface area (Å²) in [7, 11) is 0. The molecular formula is C15H13ClO3. The van der Waals surface area contributed by atoms with Gasteiger partial charge in [0.05, 0.1) is 6.61 Å². The second kappa shape index (κ2) is 6.36. The molecule has 3 nitrogen and oxygen atoms in total. The fourth-order valence-electron chi connectivity index (χ4n) is 1.70. The van der Waals surface area contributed by atoms with E-state index in [0.717, 1.165) is 5.56 Å². The molecule has 0 saturated carbocycles. The van der Waals surface area contributed by atoms with Gasteiger partial charge in [-0.3, -0.25) is 0 Å². The van der Waals surface area contributed by atoms with E-state index in [2.05, 4.69) is 0 Å². The summed E-state index contributed by atoms with van der Waals surface area (Å²) in [6.07, 6.45) is -0.988. The van der Waals surface area contributed by atoms with Crippen molar-refractivity contribution in [3.63, 3.8) is 0 Å². The van der Waals surface area contributed by atoms with E-state index in [-0.39, 0.29) is 6.61 Å². The molecule has 0 aliphatic rings. The van der Waals surface area contributed by atoms with Crippen LogP contribution in [0.5, 0.6) is 0 Å². The van der Waals surface area contributed by atoms with Crippen molar-refractivity contribution in [2.45, 2.75) is 12.7 Å². The van der Waals surface area contributed by atoms with E-state index in [1.54, 1.807) is 24.3 Å². The highest BCUT2D eigenvalue weighted by Crippen LogP contribution is 2.21. The van der Waals surface area contributed by atoms with E-state index in [4.69, 9.17) is 16.3 Å². The molecule has 0 fully saturated rings. The number of rotatable bonds is 5. The van der Waals surface area contributed by atoms with Gasteiger partial charge in [0.25, 0.3) is 0 Å². The van der Waals surface area contributed by atoms with E-state index in [1.165, 1.54) is 0 Å². The highest BCUT2D eigenvalue weighted by molar-refractivity contribution is 6.30. The predicted molar refractivity (Wildman–Crippen MR) is 73.1 cm³/mol. The third-order valence-corrected chi connectivity index (χ3v) is 2.91. The summed E-state index contributed by atoms with van der Waals surface area (Å²) in [5.41, 5.74) is 1.51. The second-order valence-corrected chi connectivity index (χ2v) is 4.50. The molecule has 19 heavy (non-hydrogen) atoms. The van der Waals surface area contributed by atoms with Crippen molar-refractivity contribution in [1.82, 2.24) is 0 Å². The molecule has 1 unspecified atom stereocenters. The standard InChI is InChI=1S/C15H13ClO3/c16-13-8-6-12(7-9-13)14(15(17)18)19-10-11-4-2-1-3-5-11/h1-9,14H,10H2,(H,17,18). The van der Waals surface area contributed by atoms with Crippen LogP contribution < -0.4 is 0 Å². The van der Waals surface area contributed by atoms with Crippen LogP contribution in [-0.2, 0) is 16.1 Å². The molecule has 98 valence electrons. The van der Waals surface area contributed by atoms with E-state index in [0.29, 0.717) is 10.6 Å². The smallest absolute Gasteiger partial charge is 0.337 e. The zero-order valence-electron chi connectivity index (χ0n) is 10.1. The van der Waals surface area contributed by atoms with Gasteiger partial charge in [0, 0.05) is 5.02 Å². The number of benzene rings is 2. The molecule has 2 rings (SSSR count). The summed E-state index contributed by atoms with van der Waals surface area (Å²) < 4.78 is 5.47. The number of hydrogen-bond acceptors (Lipinski definition) is 2. The maximum Gasteiger partial charge on any atom is 0.337 e. The van der Waals surface area contributed by atoms with Crippen molar-refractivity contribution in [3.8, 4) is 0 Å². The van der Waals surface area contributed by atoms with Crippen LogP contribution in [0.2, 0.25) is 5.02 Å². The molecule has 4 heteroatoms. The average Bonchev–Trinajstić information content (AvgIpc) is 2.42. The van der Waals surface area contributed by atoms with Crippen molar-refractivity contribution in [3.05, 3.63) is 70.7 Å². The van der Waals surface area contributed by atoms with E-state index in [1.807, 2.05) is 30.3 Å². The summed E-state index contributed by atoms with van der Waals surface area (Å²) in [5, 5.41) is 9.78. The average molecular weight is 277 g/mol. The highest BCUT2D eigenvalue weighted by atomic mass is 35.5. The molecule has 0 spiro atoms. The summed E-state index contributed by atoms with van der Waals surface area (Å²) in [4.78, 5) is 11.2.